The van der Waals surface area contributed by atoms with Crippen molar-refractivity contribution in [2.75, 3.05) is 55.9 Å². The predicted octanol–water partition coefficient (Wildman–Crippen LogP) is 5.32. The van der Waals surface area contributed by atoms with E-state index in [1.165, 1.54) is 25.6 Å². The van der Waals surface area contributed by atoms with Crippen LogP contribution < -0.4 is 20.3 Å². The van der Waals surface area contributed by atoms with E-state index in [1.54, 1.807) is 24.4 Å². The average Bonchev–Trinajstić information content (AvgIpc) is 2.98. The van der Waals surface area contributed by atoms with Gasteiger partial charge in [-0.2, -0.15) is 0 Å². The Bertz CT molecular complexity index is 1490. The topological polar surface area (TPSA) is 126 Å². The van der Waals surface area contributed by atoms with Crippen LogP contribution in [-0.2, 0) is 0 Å². The first-order chi connectivity index (χ1) is 19.4. The van der Waals surface area contributed by atoms with E-state index in [0.29, 0.717) is 27.8 Å². The van der Waals surface area contributed by atoms with E-state index in [1.807, 2.05) is 38.1 Å². The zero-order chi connectivity index (χ0) is 28.6. The van der Waals surface area contributed by atoms with Crippen LogP contribution in [0.5, 0.6) is 5.88 Å². The van der Waals surface area contributed by atoms with E-state index in [2.05, 4.69) is 37.4 Å². The molecule has 0 spiro atoms. The maximum absolute atomic E-state index is 13.4. The molecule has 2 N–H and O–H groups in total. The number of piperazine rings is 1. The Morgan fingerprint density at radius 3 is 2.38 bits per heavy atom. The molecule has 0 aliphatic carbocycles. The number of ether oxygens (including phenoxy) is 1. The molecule has 0 bridgehead atoms. The minimum atomic E-state index is -0.447. The molecular weight excluding hydrogens is 510 g/mol. The zero-order valence-electron chi connectivity index (χ0n) is 23.0. The highest BCUT2D eigenvalue weighted by molar-refractivity contribution is 6.11. The van der Waals surface area contributed by atoms with E-state index in [9.17, 15) is 14.9 Å². The Balaban J connectivity index is 0.00000181. The number of carbonyl (C=O) groups is 1. The second-order valence-corrected chi connectivity index (χ2v) is 8.98. The molecule has 1 amide bonds. The number of fused-ring (bicyclic) bond motifs is 1. The normalized spacial score (nSPS) is 13.2. The van der Waals surface area contributed by atoms with Crippen LogP contribution in [-0.4, -0.2) is 66.0 Å². The molecule has 3 heterocycles. The molecule has 4 aromatic rings. The van der Waals surface area contributed by atoms with Gasteiger partial charge in [-0.15, -0.1) is 0 Å². The van der Waals surface area contributed by atoms with Crippen LogP contribution in [0.2, 0.25) is 0 Å². The first-order valence-corrected chi connectivity index (χ1v) is 13.1. The van der Waals surface area contributed by atoms with E-state index in [0.717, 1.165) is 31.9 Å². The van der Waals surface area contributed by atoms with Gasteiger partial charge >= 0.3 is 0 Å². The summed E-state index contributed by atoms with van der Waals surface area (Å²) < 4.78 is 5.40. The van der Waals surface area contributed by atoms with Crippen LogP contribution in [0.4, 0.5) is 28.4 Å². The van der Waals surface area contributed by atoms with Crippen molar-refractivity contribution >= 4 is 45.1 Å². The number of nitro benzene ring substituents is 1. The molecule has 1 saturated heterocycles. The van der Waals surface area contributed by atoms with Gasteiger partial charge in [0, 0.05) is 61.4 Å². The van der Waals surface area contributed by atoms with E-state index in [4.69, 9.17) is 4.74 Å². The quantitative estimate of drug-likeness (QED) is 0.235. The number of nitrogens with zero attached hydrogens (tertiary/aromatic N) is 5. The van der Waals surface area contributed by atoms with Gasteiger partial charge in [0.2, 0.25) is 5.88 Å². The molecule has 0 radical (unpaired) electrons. The number of likely N-dealkylation sites (N-methyl/N-ethyl adjacent to an activating group) is 1. The summed E-state index contributed by atoms with van der Waals surface area (Å²) in [5, 5.41) is 18.6. The number of hydrogen-bond donors (Lipinski definition) is 2. The van der Waals surface area contributed by atoms with E-state index < -0.39 is 10.8 Å². The minimum absolute atomic E-state index is 0.0519. The Hall–Kier alpha value is -4.77. The number of benzene rings is 2. The van der Waals surface area contributed by atoms with Gasteiger partial charge in [-0.3, -0.25) is 19.9 Å². The molecule has 0 atom stereocenters. The van der Waals surface area contributed by atoms with Crippen molar-refractivity contribution in [3.8, 4) is 5.88 Å². The maximum atomic E-state index is 13.4. The summed E-state index contributed by atoms with van der Waals surface area (Å²) in [6.45, 7) is 7.93. The van der Waals surface area contributed by atoms with Gasteiger partial charge in [-0.05, 0) is 37.4 Å². The molecule has 0 saturated carbocycles. The zero-order valence-corrected chi connectivity index (χ0v) is 23.0. The van der Waals surface area contributed by atoms with Gasteiger partial charge in [0.25, 0.3) is 11.6 Å². The van der Waals surface area contributed by atoms with Crippen molar-refractivity contribution in [1.29, 1.82) is 0 Å². The first-order valence-electron chi connectivity index (χ1n) is 13.1. The van der Waals surface area contributed by atoms with Crippen LogP contribution in [0.3, 0.4) is 0 Å². The second-order valence-electron chi connectivity index (χ2n) is 8.98. The molecule has 2 aromatic heterocycles. The summed E-state index contributed by atoms with van der Waals surface area (Å²) in [4.78, 5) is 37.5. The van der Waals surface area contributed by atoms with Crippen molar-refractivity contribution in [3.63, 3.8) is 0 Å². The standard InChI is InChI=1S/C27H27N7O4.C2H6/c1-32-12-14-33(15-13-32)19-8-6-18(7-9-19)30-26(35)25-22(10-11-29-27(25)38-2)31-23-17-28-16-21-20(23)4-3-5-24(21)34(36)37;1-2/h3-11,16-17H,12-15H2,1-2H3,(H,29,31)(H,30,35);1-2H3. The highest BCUT2D eigenvalue weighted by Crippen LogP contribution is 2.34. The van der Waals surface area contributed by atoms with Gasteiger partial charge in [-0.25, -0.2) is 4.98 Å². The first kappa shape index (κ1) is 28.2. The predicted molar refractivity (Wildman–Crippen MR) is 158 cm³/mol. The lowest BCUT2D eigenvalue weighted by atomic mass is 10.1. The van der Waals surface area contributed by atoms with Gasteiger partial charge in [0.15, 0.2) is 0 Å². The van der Waals surface area contributed by atoms with Crippen LogP contribution in [0, 0.1) is 10.1 Å². The molecule has 40 heavy (non-hydrogen) atoms. The lowest BCUT2D eigenvalue weighted by molar-refractivity contribution is -0.383. The highest BCUT2D eigenvalue weighted by atomic mass is 16.6. The lowest BCUT2D eigenvalue weighted by Crippen LogP contribution is -2.44. The number of rotatable bonds is 7. The van der Waals surface area contributed by atoms with Crippen LogP contribution in [0.15, 0.2) is 67.1 Å². The Kier molecular flexibility index (Phi) is 9.07. The summed E-state index contributed by atoms with van der Waals surface area (Å²) in [7, 11) is 3.56. The maximum Gasteiger partial charge on any atom is 0.278 e. The largest absolute Gasteiger partial charge is 0.480 e. The smallest absolute Gasteiger partial charge is 0.278 e. The molecule has 1 aliphatic rings. The summed E-state index contributed by atoms with van der Waals surface area (Å²) in [6.07, 6.45) is 4.52. The number of nitrogens with one attached hydrogen (secondary N) is 2. The molecular formula is C29H33N7O4. The highest BCUT2D eigenvalue weighted by Gasteiger charge is 2.21. The van der Waals surface area contributed by atoms with E-state index >= 15 is 0 Å². The number of aromatic nitrogens is 2. The average molecular weight is 544 g/mol. The fourth-order valence-corrected chi connectivity index (χ4v) is 4.52. The summed E-state index contributed by atoms with van der Waals surface area (Å²) in [6, 6.07) is 14.2. The van der Waals surface area contributed by atoms with Crippen molar-refractivity contribution in [3.05, 3.63) is 82.8 Å². The second kappa shape index (κ2) is 12.9. The monoisotopic (exact) mass is 543 g/mol. The van der Waals surface area contributed by atoms with Crippen molar-refractivity contribution < 1.29 is 14.5 Å². The fraction of sp³-hybridized carbons (Fsp3) is 0.276. The summed E-state index contributed by atoms with van der Waals surface area (Å²) in [5.41, 5.74) is 2.81. The molecule has 1 fully saturated rings. The summed E-state index contributed by atoms with van der Waals surface area (Å²) in [5.74, 6) is -0.273. The number of hydrogen-bond acceptors (Lipinski definition) is 9. The minimum Gasteiger partial charge on any atom is -0.480 e. The number of amides is 1. The Labute approximate surface area is 232 Å². The van der Waals surface area contributed by atoms with Crippen LogP contribution in [0.25, 0.3) is 10.8 Å². The van der Waals surface area contributed by atoms with Gasteiger partial charge in [-0.1, -0.05) is 26.0 Å². The third-order valence-electron chi connectivity index (χ3n) is 6.58. The third-order valence-corrected chi connectivity index (χ3v) is 6.58. The molecule has 208 valence electrons. The van der Waals surface area contributed by atoms with Crippen LogP contribution >= 0.6 is 0 Å². The number of methoxy groups -OCH3 is 1. The Morgan fingerprint density at radius 2 is 1.70 bits per heavy atom. The lowest BCUT2D eigenvalue weighted by Gasteiger charge is -2.34. The number of carbonyl (C=O) groups excluding carboxylic acids is 1. The molecule has 11 nitrogen and oxygen atoms in total. The third kappa shape index (κ3) is 6.10. The van der Waals surface area contributed by atoms with E-state index in [-0.39, 0.29) is 17.1 Å². The molecule has 1 aliphatic heterocycles. The Morgan fingerprint density at radius 1 is 0.975 bits per heavy atom. The molecule has 5 rings (SSSR count). The summed E-state index contributed by atoms with van der Waals surface area (Å²) >= 11 is 0. The van der Waals surface area contributed by atoms with Crippen molar-refractivity contribution in [2.24, 2.45) is 0 Å². The number of non-ortho nitro benzene ring substituents is 1. The molecule has 11 heteroatoms. The SMILES string of the molecule is CC.COc1nccc(Nc2cncc3c([N+](=O)[O-])cccc23)c1C(=O)Nc1ccc(N2CCN(C)CC2)cc1. The van der Waals surface area contributed by atoms with Gasteiger partial charge < -0.3 is 25.2 Å². The number of anilines is 4. The van der Waals surface area contributed by atoms with Gasteiger partial charge in [0.05, 0.1) is 35.0 Å². The molecule has 2 aromatic carbocycles. The van der Waals surface area contributed by atoms with Crippen molar-refractivity contribution in [1.82, 2.24) is 14.9 Å². The molecule has 0 unspecified atom stereocenters. The fourth-order valence-electron chi connectivity index (χ4n) is 4.52. The van der Waals surface area contributed by atoms with Gasteiger partial charge in [0.1, 0.15) is 5.56 Å². The number of pyridine rings is 2. The number of nitro groups is 1. The van der Waals surface area contributed by atoms with Crippen LogP contribution in [0.1, 0.15) is 24.2 Å². The van der Waals surface area contributed by atoms with Crippen molar-refractivity contribution in [2.45, 2.75) is 13.8 Å².